The minimum atomic E-state index is -0.636. The molecule has 0 spiro atoms. The third kappa shape index (κ3) is 7.31. The molecule has 1 aromatic carbocycles. The number of urea groups is 1. The monoisotopic (exact) mass is 318 g/mol. The van der Waals surface area contributed by atoms with Gasteiger partial charge in [-0.15, -0.1) is 0 Å². The number of imide groups is 1. The van der Waals surface area contributed by atoms with Crippen LogP contribution in [0.3, 0.4) is 0 Å². The van der Waals surface area contributed by atoms with Gasteiger partial charge in [0.05, 0.1) is 0 Å². The Hall–Kier alpha value is -1.84. The molecule has 1 unspecified atom stereocenters. The molecule has 0 saturated heterocycles. The molecule has 0 aliphatic rings. The number of carbonyl (C=O) groups excluding carboxylic acids is 2. The molecule has 0 aliphatic heterocycles. The molecule has 1 rings (SSSR count). The summed E-state index contributed by atoms with van der Waals surface area (Å²) in [5, 5.41) is 0. The first kappa shape index (κ1) is 19.2. The largest absolute Gasteiger partial charge is 0.351 e. The smallest absolute Gasteiger partial charge is 0.321 e. The van der Waals surface area contributed by atoms with Crippen LogP contribution in [0, 0.1) is 5.92 Å². The summed E-state index contributed by atoms with van der Waals surface area (Å²) in [6.07, 6.45) is 7.30. The summed E-state index contributed by atoms with van der Waals surface area (Å²) in [6.45, 7) is 4.47. The van der Waals surface area contributed by atoms with Crippen LogP contribution in [0.1, 0.15) is 57.9 Å². The van der Waals surface area contributed by atoms with E-state index in [4.69, 9.17) is 5.73 Å². The minimum Gasteiger partial charge on any atom is -0.351 e. The van der Waals surface area contributed by atoms with E-state index in [-0.39, 0.29) is 11.8 Å². The Kier molecular flexibility index (Phi) is 9.03. The summed E-state index contributed by atoms with van der Waals surface area (Å²) in [6, 6.07) is 9.20. The first-order valence-corrected chi connectivity index (χ1v) is 8.71. The van der Waals surface area contributed by atoms with Crippen molar-refractivity contribution in [3.8, 4) is 0 Å². The second-order valence-electron chi connectivity index (χ2n) is 6.19. The quantitative estimate of drug-likeness (QED) is 0.659. The Morgan fingerprint density at radius 1 is 1.04 bits per heavy atom. The summed E-state index contributed by atoms with van der Waals surface area (Å²) in [5.41, 5.74) is 6.49. The molecule has 0 fully saturated rings. The number of hydrogen-bond donors (Lipinski definition) is 1. The zero-order valence-corrected chi connectivity index (χ0v) is 14.5. The van der Waals surface area contributed by atoms with E-state index in [1.165, 1.54) is 24.2 Å². The van der Waals surface area contributed by atoms with Gasteiger partial charge in [0.2, 0.25) is 5.91 Å². The van der Waals surface area contributed by atoms with Crippen LogP contribution in [-0.2, 0) is 11.2 Å². The van der Waals surface area contributed by atoms with E-state index in [0.717, 1.165) is 24.8 Å². The SMILES string of the molecule is CCCCCCCCN(C(N)=O)C(=O)C(C)Cc1ccccc1. The lowest BCUT2D eigenvalue weighted by atomic mass is 9.99. The van der Waals surface area contributed by atoms with Gasteiger partial charge in [-0.25, -0.2) is 4.79 Å². The van der Waals surface area contributed by atoms with Crippen LogP contribution < -0.4 is 5.73 Å². The second-order valence-corrected chi connectivity index (χ2v) is 6.19. The van der Waals surface area contributed by atoms with Gasteiger partial charge in [-0.1, -0.05) is 76.3 Å². The lowest BCUT2D eigenvalue weighted by Crippen LogP contribution is -2.44. The van der Waals surface area contributed by atoms with Gasteiger partial charge in [-0.3, -0.25) is 9.69 Å². The molecular weight excluding hydrogens is 288 g/mol. The third-order valence-electron chi connectivity index (χ3n) is 4.07. The van der Waals surface area contributed by atoms with Crippen molar-refractivity contribution >= 4 is 11.9 Å². The zero-order valence-electron chi connectivity index (χ0n) is 14.5. The van der Waals surface area contributed by atoms with Gasteiger partial charge in [-0.05, 0) is 18.4 Å². The maximum Gasteiger partial charge on any atom is 0.321 e. The number of rotatable bonds is 10. The number of benzene rings is 1. The Bertz CT molecular complexity index is 474. The van der Waals surface area contributed by atoms with Gasteiger partial charge >= 0.3 is 6.03 Å². The van der Waals surface area contributed by atoms with Crippen LogP contribution in [0.2, 0.25) is 0 Å². The van der Waals surface area contributed by atoms with Crippen LogP contribution in [0.4, 0.5) is 4.79 Å². The fourth-order valence-electron chi connectivity index (χ4n) is 2.70. The Balaban J connectivity index is 2.45. The highest BCUT2D eigenvalue weighted by Gasteiger charge is 2.24. The number of nitrogens with two attached hydrogens (primary N) is 1. The van der Waals surface area contributed by atoms with Gasteiger partial charge in [0.25, 0.3) is 0 Å². The highest BCUT2D eigenvalue weighted by molar-refractivity contribution is 5.94. The topological polar surface area (TPSA) is 63.4 Å². The van der Waals surface area contributed by atoms with Crippen molar-refractivity contribution in [3.63, 3.8) is 0 Å². The maximum absolute atomic E-state index is 12.5. The standard InChI is InChI=1S/C19H30N2O2/c1-3-4-5-6-7-11-14-21(19(20)23)18(22)16(2)15-17-12-9-8-10-13-17/h8-10,12-13,16H,3-7,11,14-15H2,1-2H3,(H2,20,23). The van der Waals surface area contributed by atoms with Crippen molar-refractivity contribution < 1.29 is 9.59 Å². The van der Waals surface area contributed by atoms with Crippen molar-refractivity contribution in [2.45, 2.75) is 58.8 Å². The van der Waals surface area contributed by atoms with E-state index >= 15 is 0 Å². The Morgan fingerprint density at radius 2 is 1.65 bits per heavy atom. The molecule has 0 saturated carbocycles. The van der Waals surface area contributed by atoms with Crippen molar-refractivity contribution in [2.24, 2.45) is 11.7 Å². The average molecular weight is 318 g/mol. The molecule has 0 aromatic heterocycles. The second kappa shape index (κ2) is 10.8. The van der Waals surface area contributed by atoms with Crippen LogP contribution in [0.15, 0.2) is 30.3 Å². The van der Waals surface area contributed by atoms with Gasteiger partial charge in [0.1, 0.15) is 0 Å². The van der Waals surface area contributed by atoms with Crippen LogP contribution in [0.25, 0.3) is 0 Å². The number of carbonyl (C=O) groups is 2. The van der Waals surface area contributed by atoms with E-state index in [1.807, 2.05) is 37.3 Å². The highest BCUT2D eigenvalue weighted by Crippen LogP contribution is 2.13. The normalized spacial score (nSPS) is 11.9. The average Bonchev–Trinajstić information content (AvgIpc) is 2.54. The van der Waals surface area contributed by atoms with Gasteiger partial charge in [-0.2, -0.15) is 0 Å². The molecule has 0 radical (unpaired) electrons. The Labute approximate surface area is 140 Å². The lowest BCUT2D eigenvalue weighted by molar-refractivity contribution is -0.131. The fourth-order valence-corrected chi connectivity index (χ4v) is 2.70. The predicted molar refractivity (Wildman–Crippen MR) is 94.0 cm³/mol. The summed E-state index contributed by atoms with van der Waals surface area (Å²) in [7, 11) is 0. The first-order chi connectivity index (χ1) is 11.1. The van der Waals surface area contributed by atoms with E-state index in [2.05, 4.69) is 6.92 Å². The van der Waals surface area contributed by atoms with Crippen LogP contribution in [-0.4, -0.2) is 23.4 Å². The molecule has 4 heteroatoms. The van der Waals surface area contributed by atoms with E-state index in [0.29, 0.717) is 13.0 Å². The van der Waals surface area contributed by atoms with Crippen molar-refractivity contribution in [1.82, 2.24) is 4.90 Å². The number of nitrogens with zero attached hydrogens (tertiary/aromatic N) is 1. The fraction of sp³-hybridized carbons (Fsp3) is 0.579. The summed E-state index contributed by atoms with van der Waals surface area (Å²) in [5.74, 6) is -0.417. The lowest BCUT2D eigenvalue weighted by Gasteiger charge is -2.22. The number of unbranched alkanes of at least 4 members (excludes halogenated alkanes) is 5. The predicted octanol–water partition coefficient (Wildman–Crippen LogP) is 4.13. The van der Waals surface area contributed by atoms with E-state index in [9.17, 15) is 9.59 Å². The number of hydrogen-bond acceptors (Lipinski definition) is 2. The minimum absolute atomic E-state index is 0.171. The summed E-state index contributed by atoms with van der Waals surface area (Å²) in [4.78, 5) is 25.3. The molecule has 2 N–H and O–H groups in total. The molecule has 3 amide bonds. The van der Waals surface area contributed by atoms with Crippen LogP contribution in [0.5, 0.6) is 0 Å². The van der Waals surface area contributed by atoms with Crippen molar-refractivity contribution in [1.29, 1.82) is 0 Å². The molecule has 23 heavy (non-hydrogen) atoms. The maximum atomic E-state index is 12.5. The Morgan fingerprint density at radius 3 is 2.26 bits per heavy atom. The highest BCUT2D eigenvalue weighted by atomic mass is 16.2. The van der Waals surface area contributed by atoms with Gasteiger partial charge in [0.15, 0.2) is 0 Å². The molecule has 0 aliphatic carbocycles. The molecular formula is C19H30N2O2. The van der Waals surface area contributed by atoms with Gasteiger partial charge < -0.3 is 5.73 Å². The van der Waals surface area contributed by atoms with Gasteiger partial charge in [0, 0.05) is 12.5 Å². The first-order valence-electron chi connectivity index (χ1n) is 8.71. The number of primary amides is 1. The number of amides is 3. The molecule has 0 bridgehead atoms. The summed E-state index contributed by atoms with van der Waals surface area (Å²) >= 11 is 0. The molecule has 4 nitrogen and oxygen atoms in total. The van der Waals surface area contributed by atoms with Crippen molar-refractivity contribution in [2.75, 3.05) is 6.54 Å². The van der Waals surface area contributed by atoms with Crippen LogP contribution >= 0.6 is 0 Å². The third-order valence-corrected chi connectivity index (χ3v) is 4.07. The molecule has 1 atom stereocenters. The molecule has 128 valence electrons. The summed E-state index contributed by atoms with van der Waals surface area (Å²) < 4.78 is 0. The van der Waals surface area contributed by atoms with E-state index in [1.54, 1.807) is 0 Å². The zero-order chi connectivity index (χ0) is 17.1. The van der Waals surface area contributed by atoms with E-state index < -0.39 is 6.03 Å². The molecule has 0 heterocycles. The molecule has 1 aromatic rings. The van der Waals surface area contributed by atoms with Crippen molar-refractivity contribution in [3.05, 3.63) is 35.9 Å².